The number of benzene rings is 2. The summed E-state index contributed by atoms with van der Waals surface area (Å²) in [6.07, 6.45) is 7.09. The Morgan fingerprint density at radius 2 is 1.77 bits per heavy atom. The summed E-state index contributed by atoms with van der Waals surface area (Å²) in [4.78, 5) is 15.0. The Balaban J connectivity index is 0.000000697. The Morgan fingerprint density at radius 1 is 1.10 bits per heavy atom. The fraction of sp³-hybridized carbons (Fsp3) is 0.412. The lowest BCUT2D eigenvalue weighted by atomic mass is 9.94. The summed E-state index contributed by atoms with van der Waals surface area (Å²) < 4.78 is 23.9. The van der Waals surface area contributed by atoms with Crippen molar-refractivity contribution < 1.29 is 18.7 Å². The number of aliphatic imine (C=N–C) groups is 1. The molecule has 0 radical (unpaired) electrons. The normalized spacial score (nSPS) is 11.9. The number of halogens is 1. The first kappa shape index (κ1) is 35.5. The topological polar surface area (TPSA) is 47.9 Å². The Bertz CT molecular complexity index is 1120. The van der Waals surface area contributed by atoms with Gasteiger partial charge in [0.15, 0.2) is 6.29 Å². The lowest BCUT2D eigenvalue weighted by molar-refractivity contribution is 0.112. The molecule has 2 aromatic rings. The largest absolute Gasteiger partial charge is 0.495 e. The van der Waals surface area contributed by atoms with Crippen LogP contribution in [-0.4, -0.2) is 19.1 Å². The fourth-order valence-electron chi connectivity index (χ4n) is 3.65. The Labute approximate surface area is 236 Å². The number of carbonyl (C=O) groups is 1. The van der Waals surface area contributed by atoms with Crippen LogP contribution >= 0.6 is 0 Å². The highest BCUT2D eigenvalue weighted by molar-refractivity contribution is 6.05. The molecule has 0 aliphatic rings. The van der Waals surface area contributed by atoms with Crippen molar-refractivity contribution in [1.82, 2.24) is 0 Å². The number of hydrogen-bond acceptors (Lipinski definition) is 4. The van der Waals surface area contributed by atoms with Gasteiger partial charge in [0.25, 0.3) is 0 Å². The number of nitrogens with zero attached hydrogens (tertiary/aromatic N) is 1. The van der Waals surface area contributed by atoms with Gasteiger partial charge >= 0.3 is 0 Å². The molecule has 0 bridgehead atoms. The van der Waals surface area contributed by atoms with E-state index < -0.39 is 5.82 Å². The fourth-order valence-corrected chi connectivity index (χ4v) is 3.65. The van der Waals surface area contributed by atoms with E-state index in [0.29, 0.717) is 29.2 Å². The summed E-state index contributed by atoms with van der Waals surface area (Å²) in [5.74, 6) is 3.11. The second-order valence-electron chi connectivity index (χ2n) is 9.42. The number of carbonyl (C=O) groups excluding carboxylic acids is 1. The van der Waals surface area contributed by atoms with E-state index in [-0.39, 0.29) is 5.56 Å². The minimum Gasteiger partial charge on any atom is -0.495 e. The minimum atomic E-state index is -0.451. The molecule has 4 nitrogen and oxygen atoms in total. The Morgan fingerprint density at radius 3 is 2.28 bits per heavy atom. The van der Waals surface area contributed by atoms with Crippen LogP contribution in [0.15, 0.2) is 78.3 Å². The molecule has 5 heteroatoms. The predicted molar refractivity (Wildman–Crippen MR) is 164 cm³/mol. The lowest BCUT2D eigenvalue weighted by Gasteiger charge is -2.20. The maximum atomic E-state index is 13.0. The summed E-state index contributed by atoms with van der Waals surface area (Å²) >= 11 is 0. The number of allylic oxidation sites excluding steroid dienone is 2. The van der Waals surface area contributed by atoms with Gasteiger partial charge < -0.3 is 9.47 Å². The molecular weight excluding hydrogens is 489 g/mol. The molecule has 2 aromatic carbocycles. The summed E-state index contributed by atoms with van der Waals surface area (Å²) in [5, 5.41) is 0. The standard InChI is InChI=1S/C18H28O.C14H14FNO2.C2H6/c1-7-17(10-8-13(2)3)16(6)19-18-11-9-14(4)12-15(18)5;1-4-13(18-3)8-16-10(2)14-6-5-12(15)7-11(14)9-17;1-2/h9,11-13,17H,6-8,10H2,1-5H3;4-9H,1H2,2-3H3;1-2H3/b;13-8+,16-10?;. The highest BCUT2D eigenvalue weighted by Gasteiger charge is 2.14. The van der Waals surface area contributed by atoms with Crippen LogP contribution in [0.3, 0.4) is 0 Å². The molecule has 0 N–H and O–H groups in total. The molecule has 0 saturated carbocycles. The highest BCUT2D eigenvalue weighted by Crippen LogP contribution is 2.27. The predicted octanol–water partition coefficient (Wildman–Crippen LogP) is 9.81. The number of hydrogen-bond donors (Lipinski definition) is 0. The first-order valence-electron chi connectivity index (χ1n) is 13.7. The van der Waals surface area contributed by atoms with Crippen LogP contribution in [0.4, 0.5) is 4.39 Å². The monoisotopic (exact) mass is 537 g/mol. The minimum absolute atomic E-state index is 0.266. The number of aryl methyl sites for hydroxylation is 2. The average Bonchev–Trinajstić information content (AvgIpc) is 2.92. The molecule has 1 atom stereocenters. The van der Waals surface area contributed by atoms with E-state index in [1.807, 2.05) is 19.9 Å². The quantitative estimate of drug-likeness (QED) is 0.117. The van der Waals surface area contributed by atoms with Crippen LogP contribution in [0.5, 0.6) is 5.75 Å². The van der Waals surface area contributed by atoms with Gasteiger partial charge in [-0.05, 0) is 75.4 Å². The molecule has 0 spiro atoms. The van der Waals surface area contributed by atoms with Gasteiger partial charge in [0.2, 0.25) is 0 Å². The summed E-state index contributed by atoms with van der Waals surface area (Å²) in [6, 6.07) is 10.3. The molecule has 0 fully saturated rings. The van der Waals surface area contributed by atoms with Crippen LogP contribution < -0.4 is 4.74 Å². The zero-order chi connectivity index (χ0) is 30.0. The first-order chi connectivity index (χ1) is 18.6. The van der Waals surface area contributed by atoms with Crippen LogP contribution in [0, 0.1) is 31.5 Å². The van der Waals surface area contributed by atoms with Crippen molar-refractivity contribution in [2.75, 3.05) is 7.11 Å². The molecule has 2 rings (SSSR count). The first-order valence-corrected chi connectivity index (χ1v) is 13.7. The van der Waals surface area contributed by atoms with Gasteiger partial charge in [-0.2, -0.15) is 0 Å². The average molecular weight is 538 g/mol. The van der Waals surface area contributed by atoms with E-state index in [0.717, 1.165) is 30.3 Å². The summed E-state index contributed by atoms with van der Waals surface area (Å²) in [5.41, 5.74) is 3.89. The molecule has 0 aliphatic carbocycles. The second kappa shape index (κ2) is 19.6. The lowest BCUT2D eigenvalue weighted by Crippen LogP contribution is -2.09. The Kier molecular flexibility index (Phi) is 17.8. The van der Waals surface area contributed by atoms with E-state index in [9.17, 15) is 9.18 Å². The van der Waals surface area contributed by atoms with Crippen molar-refractivity contribution in [3.8, 4) is 5.75 Å². The third-order valence-corrected chi connectivity index (χ3v) is 5.96. The number of aldehydes is 1. The summed E-state index contributed by atoms with van der Waals surface area (Å²) in [6.45, 7) is 24.4. The van der Waals surface area contributed by atoms with Gasteiger partial charge in [0, 0.05) is 22.8 Å². The van der Waals surface area contributed by atoms with Gasteiger partial charge in [-0.25, -0.2) is 4.39 Å². The van der Waals surface area contributed by atoms with Crippen LogP contribution in [0.1, 0.15) is 87.9 Å². The molecule has 0 heterocycles. The highest BCUT2D eigenvalue weighted by atomic mass is 19.1. The van der Waals surface area contributed by atoms with Crippen LogP contribution in [0.2, 0.25) is 0 Å². The van der Waals surface area contributed by atoms with Crippen molar-refractivity contribution in [3.63, 3.8) is 0 Å². The Hall–Kier alpha value is -3.47. The smallest absolute Gasteiger partial charge is 0.150 e. The van der Waals surface area contributed by atoms with Gasteiger partial charge in [-0.1, -0.05) is 71.9 Å². The van der Waals surface area contributed by atoms with Crippen molar-refractivity contribution in [1.29, 1.82) is 0 Å². The maximum Gasteiger partial charge on any atom is 0.150 e. The van der Waals surface area contributed by atoms with E-state index >= 15 is 0 Å². The van der Waals surface area contributed by atoms with Crippen molar-refractivity contribution in [2.45, 2.75) is 74.7 Å². The molecule has 0 saturated heterocycles. The zero-order valence-electron chi connectivity index (χ0n) is 25.4. The zero-order valence-corrected chi connectivity index (χ0v) is 25.4. The SMILES string of the molecule is C=C(Oc1ccc(C)cc1C)C(CC)CCC(C)C.C=C/C(=C\N=C(C)c1ccc(F)cc1C=O)OC.CC. The molecule has 39 heavy (non-hydrogen) atoms. The van der Waals surface area contributed by atoms with E-state index in [2.05, 4.69) is 64.9 Å². The molecule has 0 aliphatic heterocycles. The number of methoxy groups -OCH3 is 1. The maximum absolute atomic E-state index is 13.0. The molecule has 1 unspecified atom stereocenters. The van der Waals surface area contributed by atoms with Crippen molar-refractivity contribution >= 4 is 12.0 Å². The van der Waals surface area contributed by atoms with Gasteiger partial charge in [0.1, 0.15) is 17.3 Å². The second-order valence-corrected chi connectivity index (χ2v) is 9.42. The van der Waals surface area contributed by atoms with Crippen LogP contribution in [0.25, 0.3) is 0 Å². The number of ether oxygens (including phenoxy) is 2. The molecular formula is C34H48FNO3. The van der Waals surface area contributed by atoms with E-state index in [1.54, 1.807) is 6.92 Å². The van der Waals surface area contributed by atoms with Crippen molar-refractivity contribution in [2.24, 2.45) is 16.8 Å². The molecule has 0 amide bonds. The van der Waals surface area contributed by atoms with Gasteiger partial charge in [-0.15, -0.1) is 0 Å². The third kappa shape index (κ3) is 13.2. The van der Waals surface area contributed by atoms with Crippen LogP contribution in [-0.2, 0) is 4.74 Å². The van der Waals surface area contributed by atoms with Gasteiger partial charge in [0.05, 0.1) is 19.1 Å². The van der Waals surface area contributed by atoms with Crippen molar-refractivity contribution in [3.05, 3.63) is 101 Å². The van der Waals surface area contributed by atoms with Gasteiger partial charge in [-0.3, -0.25) is 9.79 Å². The van der Waals surface area contributed by atoms with E-state index in [1.165, 1.54) is 55.1 Å². The molecule has 0 aromatic heterocycles. The number of rotatable bonds is 12. The molecule has 214 valence electrons. The summed E-state index contributed by atoms with van der Waals surface area (Å²) in [7, 11) is 1.51. The van der Waals surface area contributed by atoms with E-state index in [4.69, 9.17) is 9.47 Å². The third-order valence-electron chi connectivity index (χ3n) is 5.96.